The van der Waals surface area contributed by atoms with E-state index >= 15 is 0 Å². The molecule has 0 spiro atoms. The standard InChI is InChI=1S/C34H22N2O14/c37-32(38)27-15-3-20(35(42)43)17-29(27)31(50-46)19-1-5-22(6-2-19)47-23-7-9-24(10-8-23)48-25-11-13-26(14-12-25)49-34(41)30-18-21(36(44)45)4-16-28(30)33(39)40/h1-18,31,46H,(H,37,38)(H,39,40). The van der Waals surface area contributed by atoms with Crippen LogP contribution in [-0.2, 0) is 4.89 Å². The predicted molar refractivity (Wildman–Crippen MR) is 170 cm³/mol. The largest absolute Gasteiger partial charge is 0.478 e. The summed E-state index contributed by atoms with van der Waals surface area (Å²) >= 11 is 0. The van der Waals surface area contributed by atoms with Crippen molar-refractivity contribution in [2.75, 3.05) is 0 Å². The second kappa shape index (κ2) is 14.7. The SMILES string of the molecule is O=C(O)c1ccc([N+](=O)[O-])cc1C(=O)Oc1ccc(Oc2ccc(Oc3ccc(C(OO)c4cc([N+](=O)[O-])ccc4C(=O)O)cc3)cc2)cc1. The number of rotatable bonds is 13. The van der Waals surface area contributed by atoms with Crippen LogP contribution >= 0.6 is 0 Å². The maximum absolute atomic E-state index is 12.6. The minimum atomic E-state index is -1.45. The van der Waals surface area contributed by atoms with Gasteiger partial charge in [0.05, 0.1) is 26.5 Å². The smallest absolute Gasteiger partial charge is 0.344 e. The fourth-order valence-corrected chi connectivity index (χ4v) is 4.67. The van der Waals surface area contributed by atoms with E-state index in [4.69, 9.17) is 14.2 Å². The van der Waals surface area contributed by atoms with Gasteiger partial charge in [-0.2, -0.15) is 0 Å². The molecular weight excluding hydrogens is 660 g/mol. The predicted octanol–water partition coefficient (Wildman–Crippen LogP) is 7.28. The molecule has 0 aliphatic heterocycles. The number of nitro benzene ring substituents is 2. The maximum atomic E-state index is 12.6. The molecule has 50 heavy (non-hydrogen) atoms. The van der Waals surface area contributed by atoms with E-state index in [2.05, 4.69) is 4.89 Å². The molecule has 0 heterocycles. The molecule has 0 amide bonds. The molecular formula is C34H22N2O14. The van der Waals surface area contributed by atoms with Crippen molar-refractivity contribution in [1.29, 1.82) is 0 Å². The Morgan fingerprint density at radius 2 is 0.980 bits per heavy atom. The highest BCUT2D eigenvalue weighted by Crippen LogP contribution is 2.33. The molecule has 1 unspecified atom stereocenters. The zero-order valence-electron chi connectivity index (χ0n) is 25.2. The van der Waals surface area contributed by atoms with Crippen LogP contribution in [0.3, 0.4) is 0 Å². The van der Waals surface area contributed by atoms with Crippen LogP contribution in [0.2, 0.25) is 0 Å². The fraction of sp³-hybridized carbons (Fsp3) is 0.0294. The van der Waals surface area contributed by atoms with Crippen LogP contribution in [-0.4, -0.2) is 43.2 Å². The molecule has 1 atom stereocenters. The van der Waals surface area contributed by atoms with Crippen molar-refractivity contribution in [2.24, 2.45) is 0 Å². The first-order chi connectivity index (χ1) is 23.9. The summed E-state index contributed by atoms with van der Waals surface area (Å²) in [6, 6.07) is 24.1. The van der Waals surface area contributed by atoms with E-state index in [0.717, 1.165) is 36.4 Å². The molecule has 0 aliphatic rings. The number of esters is 1. The molecule has 0 aliphatic carbocycles. The van der Waals surface area contributed by atoms with Gasteiger partial charge in [-0.25, -0.2) is 19.3 Å². The van der Waals surface area contributed by atoms with Crippen LogP contribution in [0.5, 0.6) is 28.7 Å². The second-order valence-corrected chi connectivity index (χ2v) is 10.2. The first-order valence-electron chi connectivity index (χ1n) is 14.1. The van der Waals surface area contributed by atoms with Gasteiger partial charge in [0.2, 0.25) is 0 Å². The Hall–Kier alpha value is -7.17. The van der Waals surface area contributed by atoms with Gasteiger partial charge in [0, 0.05) is 29.8 Å². The summed E-state index contributed by atoms with van der Waals surface area (Å²) in [5.74, 6) is -2.34. The van der Waals surface area contributed by atoms with Crippen LogP contribution in [0.25, 0.3) is 0 Å². The summed E-state index contributed by atoms with van der Waals surface area (Å²) < 4.78 is 16.9. The molecule has 0 bridgehead atoms. The van der Waals surface area contributed by atoms with E-state index < -0.39 is 50.7 Å². The molecule has 5 rings (SSSR count). The number of carboxylic acids is 2. The lowest BCUT2D eigenvalue weighted by atomic mass is 9.96. The average Bonchev–Trinajstić information content (AvgIpc) is 3.10. The van der Waals surface area contributed by atoms with Crippen molar-refractivity contribution in [1.82, 2.24) is 0 Å². The van der Waals surface area contributed by atoms with Crippen LogP contribution < -0.4 is 14.2 Å². The zero-order valence-corrected chi connectivity index (χ0v) is 25.2. The molecule has 0 saturated carbocycles. The van der Waals surface area contributed by atoms with E-state index in [1.165, 1.54) is 48.5 Å². The van der Waals surface area contributed by atoms with Crippen LogP contribution in [0.15, 0.2) is 109 Å². The van der Waals surface area contributed by atoms with Gasteiger partial charge >= 0.3 is 17.9 Å². The number of hydrogen-bond donors (Lipinski definition) is 3. The number of non-ortho nitro benzene ring substituents is 2. The molecule has 5 aromatic carbocycles. The third kappa shape index (κ3) is 7.85. The van der Waals surface area contributed by atoms with Gasteiger partial charge in [-0.15, -0.1) is 0 Å². The lowest BCUT2D eigenvalue weighted by Crippen LogP contribution is -2.14. The number of nitrogens with zero attached hydrogens (tertiary/aromatic N) is 2. The Balaban J connectivity index is 1.22. The number of ether oxygens (including phenoxy) is 3. The monoisotopic (exact) mass is 682 g/mol. The van der Waals surface area contributed by atoms with Gasteiger partial charge in [0.25, 0.3) is 11.4 Å². The van der Waals surface area contributed by atoms with Crippen molar-refractivity contribution < 1.29 is 58.8 Å². The van der Waals surface area contributed by atoms with Gasteiger partial charge in [-0.05, 0) is 78.4 Å². The summed E-state index contributed by atoms with van der Waals surface area (Å²) in [6.45, 7) is 0. The van der Waals surface area contributed by atoms with E-state index in [9.17, 15) is 50.1 Å². The van der Waals surface area contributed by atoms with E-state index in [1.54, 1.807) is 24.3 Å². The molecule has 0 saturated heterocycles. The normalized spacial score (nSPS) is 11.2. The number of nitro groups is 2. The third-order valence-electron chi connectivity index (χ3n) is 7.04. The van der Waals surface area contributed by atoms with Crippen molar-refractivity contribution >= 4 is 29.3 Å². The number of carbonyl (C=O) groups excluding carboxylic acids is 1. The van der Waals surface area contributed by atoms with Gasteiger partial charge in [0.1, 0.15) is 34.9 Å². The summed E-state index contributed by atoms with van der Waals surface area (Å²) in [5.41, 5.74) is -1.90. The summed E-state index contributed by atoms with van der Waals surface area (Å²) in [6.07, 6.45) is -1.34. The Morgan fingerprint density at radius 3 is 1.42 bits per heavy atom. The lowest BCUT2D eigenvalue weighted by Gasteiger charge is -2.17. The topological polar surface area (TPSA) is 235 Å². The van der Waals surface area contributed by atoms with E-state index in [1.807, 2.05) is 0 Å². The van der Waals surface area contributed by atoms with Crippen molar-refractivity contribution in [3.8, 4) is 28.7 Å². The second-order valence-electron chi connectivity index (χ2n) is 10.2. The van der Waals surface area contributed by atoms with Crippen molar-refractivity contribution in [3.05, 3.63) is 157 Å². The molecule has 0 fully saturated rings. The minimum Gasteiger partial charge on any atom is -0.478 e. The van der Waals surface area contributed by atoms with E-state index in [0.29, 0.717) is 28.6 Å². The molecule has 3 N–H and O–H groups in total. The molecule has 0 radical (unpaired) electrons. The highest BCUT2D eigenvalue weighted by atomic mass is 17.1. The van der Waals surface area contributed by atoms with Gasteiger partial charge in [-0.3, -0.25) is 25.5 Å². The average molecular weight is 683 g/mol. The van der Waals surface area contributed by atoms with Crippen molar-refractivity contribution in [2.45, 2.75) is 6.10 Å². The van der Waals surface area contributed by atoms with Crippen LogP contribution in [0.4, 0.5) is 11.4 Å². The zero-order chi connectivity index (χ0) is 35.9. The first-order valence-corrected chi connectivity index (χ1v) is 14.1. The lowest BCUT2D eigenvalue weighted by molar-refractivity contribution is -0.385. The van der Waals surface area contributed by atoms with Crippen molar-refractivity contribution in [3.63, 3.8) is 0 Å². The number of hydrogen-bond acceptors (Lipinski definition) is 12. The van der Waals surface area contributed by atoms with Crippen LogP contribution in [0, 0.1) is 20.2 Å². The third-order valence-corrected chi connectivity index (χ3v) is 7.04. The molecule has 0 aromatic heterocycles. The highest BCUT2D eigenvalue weighted by Gasteiger charge is 2.25. The van der Waals surface area contributed by atoms with E-state index in [-0.39, 0.29) is 22.6 Å². The minimum absolute atomic E-state index is 0.0317. The Bertz CT molecular complexity index is 2100. The summed E-state index contributed by atoms with van der Waals surface area (Å²) in [5, 5.41) is 50.8. The molecule has 16 heteroatoms. The Kier molecular flexibility index (Phi) is 10.1. The number of benzene rings is 5. The Labute approximate surface area is 280 Å². The fourth-order valence-electron chi connectivity index (χ4n) is 4.67. The summed E-state index contributed by atoms with van der Waals surface area (Å²) in [4.78, 5) is 61.2. The van der Waals surface area contributed by atoms with Gasteiger partial charge < -0.3 is 24.4 Å². The molecule has 5 aromatic rings. The Morgan fingerprint density at radius 1 is 0.560 bits per heavy atom. The summed E-state index contributed by atoms with van der Waals surface area (Å²) in [7, 11) is 0. The number of aromatic carboxylic acids is 2. The highest BCUT2D eigenvalue weighted by molar-refractivity contribution is 6.03. The number of carboxylic acid groups (broad SMARTS) is 2. The van der Waals surface area contributed by atoms with Crippen LogP contribution in [0.1, 0.15) is 48.3 Å². The maximum Gasteiger partial charge on any atom is 0.344 e. The molecule has 252 valence electrons. The van der Waals surface area contributed by atoms with Gasteiger partial charge in [-0.1, -0.05) is 12.1 Å². The molecule has 16 nitrogen and oxygen atoms in total. The quantitative estimate of drug-likeness (QED) is 0.0364. The first kappa shape index (κ1) is 34.2. The van der Waals surface area contributed by atoms with Gasteiger partial charge in [0.15, 0.2) is 0 Å². The number of carbonyl (C=O) groups is 3.